The van der Waals surface area contributed by atoms with E-state index in [0.29, 0.717) is 19.6 Å². The average molecular weight is 381 g/mol. The smallest absolute Gasteiger partial charge is 0.397 e. The molecule has 0 fully saturated rings. The van der Waals surface area contributed by atoms with Gasteiger partial charge in [-0.3, -0.25) is 9.46 Å². The highest BCUT2D eigenvalue weighted by atomic mass is 32.9. The van der Waals surface area contributed by atoms with E-state index >= 15 is 0 Å². The van der Waals surface area contributed by atoms with Gasteiger partial charge in [-0.1, -0.05) is 37.7 Å². The van der Waals surface area contributed by atoms with Gasteiger partial charge in [-0.05, 0) is 32.1 Å². The molecule has 0 aromatic carbocycles. The maximum absolute atomic E-state index is 12.5. The van der Waals surface area contributed by atoms with E-state index in [-0.39, 0.29) is 6.61 Å². The molecular formula is C15H29N2O3PS2. The van der Waals surface area contributed by atoms with Gasteiger partial charge in [0.2, 0.25) is 0 Å². The number of ether oxygens (including phenoxy) is 1. The Balaban J connectivity index is 5.57. The number of unbranched alkanes of at least 4 members (excludes halogenated alkanes) is 1. The molecule has 0 aliphatic rings. The van der Waals surface area contributed by atoms with E-state index in [1.807, 2.05) is 13.8 Å². The number of amides is 1. The number of rotatable bonds is 11. The Hall–Kier alpha value is -0.360. The van der Waals surface area contributed by atoms with Crippen LogP contribution in [0, 0.1) is 0 Å². The summed E-state index contributed by atoms with van der Waals surface area (Å²) in [6.45, 7) is 13.3. The second-order valence-electron chi connectivity index (χ2n) is 4.71. The first kappa shape index (κ1) is 22.6. The van der Waals surface area contributed by atoms with E-state index in [1.165, 1.54) is 4.67 Å². The topological polar surface area (TPSA) is 49.9 Å². The molecule has 1 unspecified atom stereocenters. The molecule has 5 nitrogen and oxygen atoms in total. The molecule has 134 valence electrons. The van der Waals surface area contributed by atoms with Gasteiger partial charge in [-0.25, -0.2) is 9.46 Å². The number of esters is 1. The maximum Gasteiger partial charge on any atom is 0.397 e. The minimum Gasteiger partial charge on any atom is -0.459 e. The fourth-order valence-electron chi connectivity index (χ4n) is 1.93. The second kappa shape index (κ2) is 12.1. The number of hydrogen-bond donors (Lipinski definition) is 0. The molecule has 0 rings (SSSR count). The molecule has 0 bridgehead atoms. The van der Waals surface area contributed by atoms with Crippen molar-refractivity contribution in [3.63, 3.8) is 0 Å². The molecule has 0 saturated carbocycles. The first-order chi connectivity index (χ1) is 10.9. The number of nitrogens with zero attached hydrogens (tertiary/aromatic N) is 2. The van der Waals surface area contributed by atoms with Crippen molar-refractivity contribution in [3.05, 3.63) is 12.7 Å². The predicted octanol–water partition coefficient (Wildman–Crippen LogP) is 3.66. The van der Waals surface area contributed by atoms with E-state index in [4.69, 9.17) is 16.5 Å². The number of carbonyl (C=O) groups is 2. The van der Waals surface area contributed by atoms with Crippen molar-refractivity contribution in [3.8, 4) is 0 Å². The Labute approximate surface area is 149 Å². The van der Waals surface area contributed by atoms with Crippen LogP contribution in [0.5, 0.6) is 0 Å². The Bertz CT molecular complexity index is 446. The lowest BCUT2D eigenvalue weighted by Crippen LogP contribution is -2.39. The van der Waals surface area contributed by atoms with E-state index in [0.717, 1.165) is 18.6 Å². The van der Waals surface area contributed by atoms with Gasteiger partial charge in [0, 0.05) is 25.4 Å². The summed E-state index contributed by atoms with van der Waals surface area (Å²) in [6, 6.07) is 0. The van der Waals surface area contributed by atoms with Crippen LogP contribution in [0.3, 0.4) is 0 Å². The predicted molar refractivity (Wildman–Crippen MR) is 103 cm³/mol. The quantitative estimate of drug-likeness (QED) is 0.179. The van der Waals surface area contributed by atoms with Gasteiger partial charge in [0.15, 0.2) is 5.54 Å². The van der Waals surface area contributed by atoms with Crippen molar-refractivity contribution >= 4 is 40.6 Å². The first-order valence-electron chi connectivity index (χ1n) is 8.02. The minimum atomic E-state index is -2.42. The van der Waals surface area contributed by atoms with E-state index in [2.05, 4.69) is 18.2 Å². The molecule has 0 spiro atoms. The number of likely N-dealkylation sites (N-methyl/N-ethyl adjacent to an activating group) is 2. The molecular weight excluding hydrogens is 351 g/mol. The lowest BCUT2D eigenvalue weighted by atomic mass is 10.4. The zero-order chi connectivity index (χ0) is 17.9. The standard InChI is InChI=1S/C15H29N2O3PS2/c1-6-11-13-23-21(22,16(8-3)12-7-2)17(9-4)14(18)15(19)20-10-5/h7H,2,6,8-13H2,1,3-5H3. The van der Waals surface area contributed by atoms with Gasteiger partial charge < -0.3 is 4.74 Å². The molecule has 8 heteroatoms. The Morgan fingerprint density at radius 2 is 1.91 bits per heavy atom. The summed E-state index contributed by atoms with van der Waals surface area (Å²) in [7, 11) is 0. The van der Waals surface area contributed by atoms with Crippen LogP contribution in [0.15, 0.2) is 12.7 Å². The third-order valence-electron chi connectivity index (χ3n) is 3.11. The van der Waals surface area contributed by atoms with Crippen molar-refractivity contribution in [2.24, 2.45) is 0 Å². The molecule has 0 heterocycles. The Kier molecular flexibility index (Phi) is 11.9. The zero-order valence-corrected chi connectivity index (χ0v) is 17.1. The summed E-state index contributed by atoms with van der Waals surface area (Å²) in [6.07, 6.45) is 3.88. The van der Waals surface area contributed by atoms with Crippen molar-refractivity contribution in [1.82, 2.24) is 9.34 Å². The van der Waals surface area contributed by atoms with Crippen LogP contribution in [0.1, 0.15) is 40.5 Å². The molecule has 23 heavy (non-hydrogen) atoms. The molecule has 0 aromatic heterocycles. The van der Waals surface area contributed by atoms with Gasteiger partial charge in [0.05, 0.1) is 6.61 Å². The van der Waals surface area contributed by atoms with Gasteiger partial charge >= 0.3 is 11.9 Å². The Morgan fingerprint density at radius 3 is 2.35 bits per heavy atom. The van der Waals surface area contributed by atoms with Gasteiger partial charge in [-0.2, -0.15) is 0 Å². The largest absolute Gasteiger partial charge is 0.459 e. The van der Waals surface area contributed by atoms with Crippen molar-refractivity contribution < 1.29 is 14.3 Å². The molecule has 1 atom stereocenters. The van der Waals surface area contributed by atoms with Crippen molar-refractivity contribution in [2.75, 3.05) is 32.0 Å². The zero-order valence-electron chi connectivity index (χ0n) is 14.6. The first-order valence-corrected chi connectivity index (χ1v) is 12.3. The average Bonchev–Trinajstić information content (AvgIpc) is 2.53. The van der Waals surface area contributed by atoms with E-state index in [9.17, 15) is 9.59 Å². The summed E-state index contributed by atoms with van der Waals surface area (Å²) in [5, 5.41) is 0. The van der Waals surface area contributed by atoms with E-state index < -0.39 is 17.4 Å². The SMILES string of the molecule is C=CCN(CC)P(=S)(SCCCC)N(CC)C(=O)C(=O)OCC. The van der Waals surface area contributed by atoms with Crippen LogP contribution in [0.2, 0.25) is 0 Å². The van der Waals surface area contributed by atoms with Crippen molar-refractivity contribution in [2.45, 2.75) is 40.5 Å². The highest BCUT2D eigenvalue weighted by Crippen LogP contribution is 2.64. The molecule has 0 aliphatic carbocycles. The molecule has 0 aliphatic heterocycles. The van der Waals surface area contributed by atoms with E-state index in [1.54, 1.807) is 24.4 Å². The van der Waals surface area contributed by atoms with Gasteiger partial charge in [0.1, 0.15) is 0 Å². The van der Waals surface area contributed by atoms with Gasteiger partial charge in [0.25, 0.3) is 0 Å². The van der Waals surface area contributed by atoms with Crippen LogP contribution < -0.4 is 0 Å². The Morgan fingerprint density at radius 1 is 1.26 bits per heavy atom. The molecule has 0 radical (unpaired) electrons. The molecule has 1 amide bonds. The number of carbonyl (C=O) groups excluding carboxylic acids is 2. The minimum absolute atomic E-state index is 0.179. The van der Waals surface area contributed by atoms with Crippen LogP contribution in [-0.4, -0.2) is 53.2 Å². The van der Waals surface area contributed by atoms with Crippen molar-refractivity contribution in [1.29, 1.82) is 0 Å². The summed E-state index contributed by atoms with van der Waals surface area (Å²) < 4.78 is 8.49. The lowest BCUT2D eigenvalue weighted by Gasteiger charge is -2.40. The number of hydrogen-bond acceptors (Lipinski definition) is 5. The van der Waals surface area contributed by atoms with Crippen LogP contribution >= 0.6 is 16.9 Å². The second-order valence-corrected chi connectivity index (χ2v) is 11.9. The maximum atomic E-state index is 12.5. The van der Waals surface area contributed by atoms with Crippen LogP contribution in [0.4, 0.5) is 0 Å². The van der Waals surface area contributed by atoms with Crippen LogP contribution in [0.25, 0.3) is 0 Å². The summed E-state index contributed by atoms with van der Waals surface area (Å²) in [5.74, 6) is -0.591. The summed E-state index contributed by atoms with van der Waals surface area (Å²) in [5.41, 5.74) is -2.42. The fraction of sp³-hybridized carbons (Fsp3) is 0.733. The third-order valence-corrected chi connectivity index (χ3v) is 11.2. The molecule has 0 N–H and O–H groups in total. The summed E-state index contributed by atoms with van der Waals surface area (Å²) >= 11 is 7.57. The highest BCUT2D eigenvalue weighted by molar-refractivity contribution is 8.69. The summed E-state index contributed by atoms with van der Waals surface area (Å²) in [4.78, 5) is 24.4. The normalized spacial score (nSPS) is 13.4. The fourth-order valence-corrected chi connectivity index (χ4v) is 9.45. The van der Waals surface area contributed by atoms with Gasteiger partial charge in [-0.15, -0.1) is 6.58 Å². The monoisotopic (exact) mass is 380 g/mol. The third kappa shape index (κ3) is 6.57. The highest BCUT2D eigenvalue weighted by Gasteiger charge is 2.37. The lowest BCUT2D eigenvalue weighted by molar-refractivity contribution is -0.157. The molecule has 0 saturated heterocycles. The molecule has 0 aromatic rings. The van der Waals surface area contributed by atoms with Crippen LogP contribution in [-0.2, 0) is 26.1 Å².